The molecule has 2 N–H and O–H groups in total. The van der Waals surface area contributed by atoms with Crippen LogP contribution in [0.15, 0.2) is 41.5 Å². The van der Waals surface area contributed by atoms with Gasteiger partial charge in [0.25, 0.3) is 0 Å². The highest BCUT2D eigenvalue weighted by Crippen LogP contribution is 2.19. The number of benzene rings is 1. The molecule has 0 spiro atoms. The van der Waals surface area contributed by atoms with Gasteiger partial charge in [-0.15, -0.1) is 0 Å². The van der Waals surface area contributed by atoms with Crippen LogP contribution >= 0.6 is 0 Å². The van der Waals surface area contributed by atoms with Gasteiger partial charge >= 0.3 is 5.69 Å². The topological polar surface area (TPSA) is 70.8 Å². The summed E-state index contributed by atoms with van der Waals surface area (Å²) in [6.45, 7) is 0.610. The second-order valence-corrected chi connectivity index (χ2v) is 4.98. The molecular weight excluding hydrogens is 254 g/mol. The molecule has 6 heteroatoms. The fourth-order valence-electron chi connectivity index (χ4n) is 2.47. The zero-order chi connectivity index (χ0) is 14.3. The molecule has 3 rings (SSSR count). The zero-order valence-electron chi connectivity index (χ0n) is 11.5. The Morgan fingerprint density at radius 1 is 1.25 bits per heavy atom. The van der Waals surface area contributed by atoms with Crippen LogP contribution in [-0.4, -0.2) is 18.9 Å². The summed E-state index contributed by atoms with van der Waals surface area (Å²) >= 11 is 0. The smallest absolute Gasteiger partial charge is 0.322 e. The number of hydrogen-bond acceptors (Lipinski definition) is 3. The molecular formula is C14H17N5O. The molecule has 1 unspecified atom stereocenters. The normalized spacial score (nSPS) is 12.9. The predicted octanol–water partition coefficient (Wildman–Crippen LogP) is 0.773. The molecule has 1 atom stereocenters. The van der Waals surface area contributed by atoms with Gasteiger partial charge in [-0.1, -0.05) is 6.07 Å². The maximum atomic E-state index is 11.9. The summed E-state index contributed by atoms with van der Waals surface area (Å²) in [6.07, 6.45) is 3.62. The van der Waals surface area contributed by atoms with Crippen LogP contribution in [0.2, 0.25) is 0 Å². The average Bonchev–Trinajstić information content (AvgIpc) is 3.03. The molecule has 1 aromatic carbocycles. The first kappa shape index (κ1) is 12.7. The van der Waals surface area contributed by atoms with E-state index in [0.717, 1.165) is 16.6 Å². The zero-order valence-corrected chi connectivity index (χ0v) is 11.5. The Kier molecular flexibility index (Phi) is 2.94. The van der Waals surface area contributed by atoms with Crippen LogP contribution in [0, 0.1) is 0 Å². The monoisotopic (exact) mass is 271 g/mol. The summed E-state index contributed by atoms with van der Waals surface area (Å²) in [4.78, 5) is 11.9. The molecule has 0 bridgehead atoms. The highest BCUT2D eigenvalue weighted by Gasteiger charge is 2.12. The molecule has 0 aliphatic carbocycles. The second kappa shape index (κ2) is 4.64. The van der Waals surface area contributed by atoms with Crippen LogP contribution in [0.3, 0.4) is 0 Å². The summed E-state index contributed by atoms with van der Waals surface area (Å²) in [5, 5.41) is 4.16. The number of hydrogen-bond donors (Lipinski definition) is 1. The number of rotatable bonds is 3. The van der Waals surface area contributed by atoms with E-state index in [0.29, 0.717) is 6.54 Å². The number of nitrogens with zero attached hydrogens (tertiary/aromatic N) is 4. The average molecular weight is 271 g/mol. The molecule has 6 nitrogen and oxygen atoms in total. The lowest BCUT2D eigenvalue weighted by Gasteiger charge is -2.12. The Morgan fingerprint density at radius 3 is 2.70 bits per heavy atom. The van der Waals surface area contributed by atoms with Crippen molar-refractivity contribution in [3.05, 3.63) is 52.7 Å². The Balaban J connectivity index is 2.00. The molecule has 104 valence electrons. The maximum Gasteiger partial charge on any atom is 0.328 e. The number of nitrogens with two attached hydrogens (primary N) is 1. The van der Waals surface area contributed by atoms with Crippen molar-refractivity contribution in [1.29, 1.82) is 0 Å². The van der Waals surface area contributed by atoms with Crippen LogP contribution in [0.4, 0.5) is 0 Å². The van der Waals surface area contributed by atoms with Gasteiger partial charge in [-0.05, 0) is 23.8 Å². The van der Waals surface area contributed by atoms with E-state index in [1.165, 1.54) is 0 Å². The van der Waals surface area contributed by atoms with E-state index in [-0.39, 0.29) is 11.7 Å². The molecule has 3 aromatic rings. The standard InChI is InChI=1S/C14H17N5O/c1-17-12-5-4-10(8-13(12)18(2)14(17)20)11(15)9-19-7-3-6-16-19/h3-8,11H,9,15H2,1-2H3. The quantitative estimate of drug-likeness (QED) is 0.765. The summed E-state index contributed by atoms with van der Waals surface area (Å²) in [6, 6.07) is 7.60. The Morgan fingerprint density at radius 2 is 2.00 bits per heavy atom. The molecule has 0 saturated carbocycles. The highest BCUT2D eigenvalue weighted by molar-refractivity contribution is 5.77. The van der Waals surface area contributed by atoms with Crippen molar-refractivity contribution in [2.45, 2.75) is 12.6 Å². The van der Waals surface area contributed by atoms with Crippen molar-refractivity contribution >= 4 is 11.0 Å². The van der Waals surface area contributed by atoms with Gasteiger partial charge in [0.1, 0.15) is 0 Å². The van der Waals surface area contributed by atoms with E-state index in [2.05, 4.69) is 5.10 Å². The summed E-state index contributed by atoms with van der Waals surface area (Å²) in [5.74, 6) is 0. The fourth-order valence-corrected chi connectivity index (χ4v) is 2.47. The minimum Gasteiger partial charge on any atom is -0.322 e. The molecule has 0 amide bonds. The Labute approximate surface area is 116 Å². The lowest BCUT2D eigenvalue weighted by molar-refractivity contribution is 0.528. The molecule has 0 saturated heterocycles. The van der Waals surface area contributed by atoms with Crippen molar-refractivity contribution in [2.75, 3.05) is 0 Å². The van der Waals surface area contributed by atoms with Crippen molar-refractivity contribution < 1.29 is 0 Å². The van der Waals surface area contributed by atoms with Gasteiger partial charge in [0.05, 0.1) is 17.6 Å². The molecule has 2 heterocycles. The van der Waals surface area contributed by atoms with Gasteiger partial charge in [-0.3, -0.25) is 13.8 Å². The van der Waals surface area contributed by atoms with Gasteiger partial charge in [0, 0.05) is 32.5 Å². The Hall–Kier alpha value is -2.34. The first-order chi connectivity index (χ1) is 9.58. The van der Waals surface area contributed by atoms with Crippen molar-refractivity contribution in [2.24, 2.45) is 19.8 Å². The molecule has 0 fully saturated rings. The van der Waals surface area contributed by atoms with Crippen LogP contribution in [-0.2, 0) is 20.6 Å². The minimum atomic E-state index is -0.158. The Bertz CT molecular complexity index is 797. The molecule has 20 heavy (non-hydrogen) atoms. The number of aryl methyl sites for hydroxylation is 2. The van der Waals surface area contributed by atoms with Crippen molar-refractivity contribution in [3.8, 4) is 0 Å². The lowest BCUT2D eigenvalue weighted by atomic mass is 10.1. The number of imidazole rings is 1. The van der Waals surface area contributed by atoms with Crippen LogP contribution in [0.1, 0.15) is 11.6 Å². The molecule has 2 aromatic heterocycles. The molecule has 0 radical (unpaired) electrons. The third-order valence-corrected chi connectivity index (χ3v) is 3.67. The third kappa shape index (κ3) is 1.94. The summed E-state index contributed by atoms with van der Waals surface area (Å²) in [7, 11) is 3.54. The summed E-state index contributed by atoms with van der Waals surface area (Å²) < 4.78 is 5.08. The molecule has 0 aliphatic heterocycles. The van der Waals surface area contributed by atoms with E-state index < -0.39 is 0 Å². The van der Waals surface area contributed by atoms with Gasteiger partial charge in [0.2, 0.25) is 0 Å². The van der Waals surface area contributed by atoms with Crippen molar-refractivity contribution in [1.82, 2.24) is 18.9 Å². The minimum absolute atomic E-state index is 0.0298. The number of fused-ring (bicyclic) bond motifs is 1. The predicted molar refractivity (Wildman–Crippen MR) is 77.3 cm³/mol. The first-order valence-electron chi connectivity index (χ1n) is 6.46. The van der Waals surface area contributed by atoms with Crippen LogP contribution < -0.4 is 11.4 Å². The molecule has 0 aliphatic rings. The van der Waals surface area contributed by atoms with E-state index in [4.69, 9.17) is 5.73 Å². The number of aromatic nitrogens is 4. The van der Waals surface area contributed by atoms with E-state index in [1.54, 1.807) is 34.1 Å². The maximum absolute atomic E-state index is 11.9. The van der Waals surface area contributed by atoms with Crippen LogP contribution in [0.25, 0.3) is 11.0 Å². The van der Waals surface area contributed by atoms with Gasteiger partial charge in [-0.2, -0.15) is 5.10 Å². The van der Waals surface area contributed by atoms with Gasteiger partial charge in [0.15, 0.2) is 0 Å². The fraction of sp³-hybridized carbons (Fsp3) is 0.286. The van der Waals surface area contributed by atoms with E-state index >= 15 is 0 Å². The second-order valence-electron chi connectivity index (χ2n) is 4.98. The first-order valence-corrected chi connectivity index (χ1v) is 6.46. The highest BCUT2D eigenvalue weighted by atomic mass is 16.1. The lowest BCUT2D eigenvalue weighted by Crippen LogP contribution is -2.19. The largest absolute Gasteiger partial charge is 0.328 e. The van der Waals surface area contributed by atoms with Crippen molar-refractivity contribution in [3.63, 3.8) is 0 Å². The van der Waals surface area contributed by atoms with Crippen LogP contribution in [0.5, 0.6) is 0 Å². The van der Waals surface area contributed by atoms with E-state index in [1.807, 2.05) is 30.5 Å². The SMILES string of the molecule is Cn1c(=O)n(C)c2cc(C(N)Cn3cccn3)ccc21. The van der Waals surface area contributed by atoms with Gasteiger partial charge in [-0.25, -0.2) is 4.79 Å². The van der Waals surface area contributed by atoms with E-state index in [9.17, 15) is 4.79 Å². The third-order valence-electron chi connectivity index (χ3n) is 3.67. The van der Waals surface area contributed by atoms with Gasteiger partial charge < -0.3 is 5.73 Å². The summed E-state index contributed by atoms with van der Waals surface area (Å²) in [5.41, 5.74) is 8.99.